The number of aromatic nitrogens is 1. The third-order valence-corrected chi connectivity index (χ3v) is 4.73. The quantitative estimate of drug-likeness (QED) is 0.890. The standard InChI is InChI=1S/C21H27N3O2/c1-3-13-26-18-5-4-12-24(14-18)21(25)17-9-7-16(8-10-17)19-11-6-15(2)23-20(19)22/h6-11,18H,3-5,12-14H2,1-2H3,(H2,22,23). The number of amides is 1. The Bertz CT molecular complexity index is 758. The molecule has 3 rings (SSSR count). The summed E-state index contributed by atoms with van der Waals surface area (Å²) in [7, 11) is 0. The number of carbonyl (C=O) groups is 1. The first-order valence-corrected chi connectivity index (χ1v) is 9.33. The average molecular weight is 353 g/mol. The summed E-state index contributed by atoms with van der Waals surface area (Å²) in [6, 6.07) is 11.5. The number of carbonyl (C=O) groups excluding carboxylic acids is 1. The van der Waals surface area contributed by atoms with Gasteiger partial charge in [0, 0.05) is 36.5 Å². The number of nitrogen functional groups attached to an aromatic ring is 1. The van der Waals surface area contributed by atoms with Crippen LogP contribution >= 0.6 is 0 Å². The van der Waals surface area contributed by atoms with Crippen molar-refractivity contribution in [1.29, 1.82) is 0 Å². The number of hydrogen-bond acceptors (Lipinski definition) is 4. The first-order valence-electron chi connectivity index (χ1n) is 9.33. The van der Waals surface area contributed by atoms with E-state index in [4.69, 9.17) is 10.5 Å². The summed E-state index contributed by atoms with van der Waals surface area (Å²) in [5.41, 5.74) is 9.47. The number of rotatable bonds is 5. The molecule has 0 aliphatic carbocycles. The van der Waals surface area contributed by atoms with Crippen molar-refractivity contribution in [2.75, 3.05) is 25.4 Å². The van der Waals surface area contributed by atoms with Gasteiger partial charge in [-0.1, -0.05) is 19.1 Å². The van der Waals surface area contributed by atoms with Gasteiger partial charge in [-0.25, -0.2) is 4.98 Å². The zero-order chi connectivity index (χ0) is 18.5. The molecule has 0 radical (unpaired) electrons. The fraction of sp³-hybridized carbons (Fsp3) is 0.429. The molecule has 2 aromatic rings. The third-order valence-electron chi connectivity index (χ3n) is 4.73. The molecule has 1 aromatic carbocycles. The number of likely N-dealkylation sites (tertiary alicyclic amines) is 1. The van der Waals surface area contributed by atoms with Crippen LogP contribution in [0.25, 0.3) is 11.1 Å². The van der Waals surface area contributed by atoms with Crippen LogP contribution in [0.3, 0.4) is 0 Å². The molecule has 2 N–H and O–H groups in total. The van der Waals surface area contributed by atoms with E-state index < -0.39 is 0 Å². The Balaban J connectivity index is 1.70. The first-order chi connectivity index (χ1) is 12.6. The lowest BCUT2D eigenvalue weighted by Gasteiger charge is -2.32. The Kier molecular flexibility index (Phi) is 5.89. The van der Waals surface area contributed by atoms with Crippen LogP contribution in [0.15, 0.2) is 36.4 Å². The third kappa shape index (κ3) is 4.22. The Labute approximate surface area is 155 Å². The van der Waals surface area contributed by atoms with Crippen LogP contribution in [-0.2, 0) is 4.74 Å². The molecule has 1 unspecified atom stereocenters. The number of anilines is 1. The number of nitrogens with zero attached hydrogens (tertiary/aromatic N) is 2. The van der Waals surface area contributed by atoms with Gasteiger partial charge in [-0.05, 0) is 56.0 Å². The van der Waals surface area contributed by atoms with Crippen molar-refractivity contribution in [3.05, 3.63) is 47.7 Å². The highest BCUT2D eigenvalue weighted by atomic mass is 16.5. The van der Waals surface area contributed by atoms with Crippen LogP contribution in [0.5, 0.6) is 0 Å². The summed E-state index contributed by atoms with van der Waals surface area (Å²) >= 11 is 0. The Hall–Kier alpha value is -2.40. The smallest absolute Gasteiger partial charge is 0.253 e. The van der Waals surface area contributed by atoms with E-state index in [1.807, 2.05) is 48.2 Å². The number of benzene rings is 1. The lowest BCUT2D eigenvalue weighted by Crippen LogP contribution is -2.43. The summed E-state index contributed by atoms with van der Waals surface area (Å²) in [4.78, 5) is 19.0. The fourth-order valence-corrected chi connectivity index (χ4v) is 3.34. The lowest BCUT2D eigenvalue weighted by atomic mass is 10.0. The van der Waals surface area contributed by atoms with Crippen molar-refractivity contribution in [3.8, 4) is 11.1 Å². The summed E-state index contributed by atoms with van der Waals surface area (Å²) in [5.74, 6) is 0.576. The first kappa shape index (κ1) is 18.4. The minimum absolute atomic E-state index is 0.0661. The molecule has 1 atom stereocenters. The second-order valence-corrected chi connectivity index (χ2v) is 6.85. The zero-order valence-corrected chi connectivity index (χ0v) is 15.6. The molecule has 1 fully saturated rings. The second-order valence-electron chi connectivity index (χ2n) is 6.85. The van der Waals surface area contributed by atoms with Gasteiger partial charge in [0.2, 0.25) is 0 Å². The number of aryl methyl sites for hydroxylation is 1. The summed E-state index contributed by atoms with van der Waals surface area (Å²) in [5, 5.41) is 0. The van der Waals surface area contributed by atoms with E-state index in [9.17, 15) is 4.79 Å². The van der Waals surface area contributed by atoms with Crippen molar-refractivity contribution >= 4 is 11.7 Å². The molecular formula is C21H27N3O2. The molecular weight excluding hydrogens is 326 g/mol. The molecule has 5 nitrogen and oxygen atoms in total. The molecule has 1 amide bonds. The SMILES string of the molecule is CCCOC1CCCN(C(=O)c2ccc(-c3ccc(C)nc3N)cc2)C1. The highest BCUT2D eigenvalue weighted by Gasteiger charge is 2.24. The topological polar surface area (TPSA) is 68.5 Å². The maximum Gasteiger partial charge on any atom is 0.253 e. The molecule has 1 aliphatic heterocycles. The van der Waals surface area contributed by atoms with E-state index in [1.165, 1.54) is 0 Å². The van der Waals surface area contributed by atoms with Crippen molar-refractivity contribution < 1.29 is 9.53 Å². The predicted molar refractivity (Wildman–Crippen MR) is 104 cm³/mol. The van der Waals surface area contributed by atoms with Gasteiger partial charge in [0.05, 0.1) is 6.10 Å². The molecule has 0 spiro atoms. The fourth-order valence-electron chi connectivity index (χ4n) is 3.34. The minimum atomic E-state index is 0.0661. The van der Waals surface area contributed by atoms with Gasteiger partial charge in [0.25, 0.3) is 5.91 Å². The van der Waals surface area contributed by atoms with Crippen LogP contribution in [0.2, 0.25) is 0 Å². The highest BCUT2D eigenvalue weighted by Crippen LogP contribution is 2.25. The number of nitrogens with two attached hydrogens (primary N) is 1. The zero-order valence-electron chi connectivity index (χ0n) is 15.6. The number of pyridine rings is 1. The van der Waals surface area contributed by atoms with Crippen LogP contribution in [0.1, 0.15) is 42.2 Å². The minimum Gasteiger partial charge on any atom is -0.383 e. The molecule has 26 heavy (non-hydrogen) atoms. The summed E-state index contributed by atoms with van der Waals surface area (Å²) in [6.45, 7) is 6.24. The Morgan fingerprint density at radius 3 is 2.73 bits per heavy atom. The van der Waals surface area contributed by atoms with Crippen molar-refractivity contribution in [3.63, 3.8) is 0 Å². The Morgan fingerprint density at radius 2 is 2.04 bits per heavy atom. The average Bonchev–Trinajstić information content (AvgIpc) is 2.66. The maximum absolute atomic E-state index is 12.8. The monoisotopic (exact) mass is 353 g/mol. The van der Waals surface area contributed by atoms with Gasteiger partial charge in [-0.2, -0.15) is 0 Å². The molecule has 1 aliphatic rings. The van der Waals surface area contributed by atoms with Crippen LogP contribution in [0, 0.1) is 6.92 Å². The molecule has 1 saturated heterocycles. The molecule has 2 heterocycles. The van der Waals surface area contributed by atoms with Gasteiger partial charge in [-0.3, -0.25) is 4.79 Å². The number of ether oxygens (including phenoxy) is 1. The van der Waals surface area contributed by atoms with Gasteiger partial charge in [0.15, 0.2) is 0 Å². The predicted octanol–water partition coefficient (Wildman–Crippen LogP) is 3.67. The van der Waals surface area contributed by atoms with Gasteiger partial charge < -0.3 is 15.4 Å². The van der Waals surface area contributed by atoms with Gasteiger partial charge in [0.1, 0.15) is 5.82 Å². The van der Waals surface area contributed by atoms with Gasteiger partial charge >= 0.3 is 0 Å². The van der Waals surface area contributed by atoms with E-state index in [1.54, 1.807) is 0 Å². The highest BCUT2D eigenvalue weighted by molar-refractivity contribution is 5.95. The maximum atomic E-state index is 12.8. The summed E-state index contributed by atoms with van der Waals surface area (Å²) in [6.07, 6.45) is 3.18. The van der Waals surface area contributed by atoms with E-state index in [2.05, 4.69) is 11.9 Å². The molecule has 0 saturated carbocycles. The Morgan fingerprint density at radius 1 is 1.27 bits per heavy atom. The normalized spacial score (nSPS) is 17.3. The number of hydrogen-bond donors (Lipinski definition) is 1. The molecule has 1 aromatic heterocycles. The molecule has 5 heteroatoms. The van der Waals surface area contributed by atoms with E-state index >= 15 is 0 Å². The van der Waals surface area contributed by atoms with Crippen molar-refractivity contribution in [2.45, 2.75) is 39.2 Å². The largest absolute Gasteiger partial charge is 0.383 e. The van der Waals surface area contributed by atoms with Gasteiger partial charge in [-0.15, -0.1) is 0 Å². The molecule has 138 valence electrons. The van der Waals surface area contributed by atoms with E-state index in [-0.39, 0.29) is 12.0 Å². The van der Waals surface area contributed by atoms with E-state index in [0.29, 0.717) is 17.9 Å². The van der Waals surface area contributed by atoms with Crippen LogP contribution in [-0.4, -0.2) is 41.6 Å². The van der Waals surface area contributed by atoms with Crippen molar-refractivity contribution in [1.82, 2.24) is 9.88 Å². The number of piperidine rings is 1. The summed E-state index contributed by atoms with van der Waals surface area (Å²) < 4.78 is 5.83. The van der Waals surface area contributed by atoms with Crippen LogP contribution in [0.4, 0.5) is 5.82 Å². The van der Waals surface area contributed by atoms with Crippen molar-refractivity contribution in [2.24, 2.45) is 0 Å². The second kappa shape index (κ2) is 8.32. The molecule has 0 bridgehead atoms. The van der Waals surface area contributed by atoms with Crippen LogP contribution < -0.4 is 5.73 Å². The lowest BCUT2D eigenvalue weighted by molar-refractivity contribution is 0.00211. The van der Waals surface area contributed by atoms with E-state index in [0.717, 1.165) is 49.2 Å².